The van der Waals surface area contributed by atoms with Crippen LogP contribution in [0, 0.1) is 0 Å². The zero-order valence-electron chi connectivity index (χ0n) is 16.1. The van der Waals surface area contributed by atoms with Gasteiger partial charge in [-0.05, 0) is 36.2 Å². The second kappa shape index (κ2) is 9.09. The van der Waals surface area contributed by atoms with E-state index in [1.54, 1.807) is 28.8 Å². The van der Waals surface area contributed by atoms with Gasteiger partial charge in [-0.1, -0.05) is 53.2 Å². The van der Waals surface area contributed by atoms with E-state index in [1.165, 1.54) is 11.8 Å². The van der Waals surface area contributed by atoms with Crippen LogP contribution in [0.4, 0.5) is 11.9 Å². The number of fused-ring (bicyclic) bond motifs is 1. The van der Waals surface area contributed by atoms with Crippen LogP contribution in [-0.4, -0.2) is 24.5 Å². The second-order valence-electron chi connectivity index (χ2n) is 6.61. The smallest absolute Gasteiger partial charge is 0.262 e. The molecule has 0 fully saturated rings. The summed E-state index contributed by atoms with van der Waals surface area (Å²) < 4.78 is 1.63. The van der Waals surface area contributed by atoms with Crippen molar-refractivity contribution in [1.29, 1.82) is 0 Å². The molecule has 158 valence electrons. The van der Waals surface area contributed by atoms with Gasteiger partial charge in [-0.25, -0.2) is 4.98 Å². The molecule has 0 saturated heterocycles. The average molecular weight is 474 g/mol. The maximum Gasteiger partial charge on any atom is 0.262 e. The Morgan fingerprint density at radius 3 is 2.45 bits per heavy atom. The molecular formula is C20H17Cl2N7OS. The van der Waals surface area contributed by atoms with E-state index < -0.39 is 0 Å². The van der Waals surface area contributed by atoms with Gasteiger partial charge < -0.3 is 11.5 Å². The quantitative estimate of drug-likeness (QED) is 0.321. The molecule has 2 heterocycles. The fourth-order valence-corrected chi connectivity index (χ4v) is 4.45. The molecule has 0 unspecified atom stereocenters. The van der Waals surface area contributed by atoms with E-state index in [2.05, 4.69) is 19.9 Å². The van der Waals surface area contributed by atoms with Crippen LogP contribution in [0.5, 0.6) is 0 Å². The van der Waals surface area contributed by atoms with Crippen molar-refractivity contribution in [2.75, 3.05) is 11.5 Å². The van der Waals surface area contributed by atoms with Crippen LogP contribution in [0.3, 0.4) is 0 Å². The first-order valence-corrected chi connectivity index (χ1v) is 11.0. The summed E-state index contributed by atoms with van der Waals surface area (Å²) in [7, 11) is 0. The second-order valence-corrected chi connectivity index (χ2v) is 8.40. The Bertz CT molecular complexity index is 1310. The number of para-hydroxylation sites is 1. The van der Waals surface area contributed by atoms with E-state index in [0.29, 0.717) is 50.6 Å². The first-order chi connectivity index (χ1) is 14.9. The summed E-state index contributed by atoms with van der Waals surface area (Å²) in [5.74, 6) is 0.821. The van der Waals surface area contributed by atoms with Crippen LogP contribution >= 0.6 is 35.0 Å². The molecule has 4 aromatic rings. The maximum absolute atomic E-state index is 13.2. The van der Waals surface area contributed by atoms with Gasteiger partial charge in [0.05, 0.1) is 16.7 Å². The zero-order chi connectivity index (χ0) is 22.0. The van der Waals surface area contributed by atoms with Crippen molar-refractivity contribution in [2.24, 2.45) is 0 Å². The summed E-state index contributed by atoms with van der Waals surface area (Å²) >= 11 is 13.6. The van der Waals surface area contributed by atoms with Gasteiger partial charge >= 0.3 is 0 Å². The van der Waals surface area contributed by atoms with Crippen LogP contribution in [0.1, 0.15) is 11.4 Å². The predicted molar refractivity (Wildman–Crippen MR) is 124 cm³/mol. The predicted octanol–water partition coefficient (Wildman–Crippen LogP) is 3.59. The molecule has 0 spiro atoms. The molecule has 0 aliphatic carbocycles. The molecule has 0 bridgehead atoms. The van der Waals surface area contributed by atoms with Crippen molar-refractivity contribution in [3.05, 3.63) is 74.3 Å². The Balaban J connectivity index is 1.68. The molecule has 2 aromatic carbocycles. The standard InChI is InChI=1S/C20H17Cl2N7OS/c21-12-6-5-11(14(22)9-12)7-8-29-17(30)13-3-1-2-4-15(13)25-20(29)31-10-16-26-18(23)28-19(24)27-16/h1-6,9H,7-8,10H2,(H4,23,24,26,27,28). The summed E-state index contributed by atoms with van der Waals surface area (Å²) in [4.78, 5) is 29.8. The molecule has 0 amide bonds. The molecule has 0 saturated carbocycles. The molecule has 4 rings (SSSR count). The van der Waals surface area contributed by atoms with Crippen LogP contribution in [-0.2, 0) is 18.7 Å². The molecule has 8 nitrogen and oxygen atoms in total. The van der Waals surface area contributed by atoms with Crippen LogP contribution in [0.25, 0.3) is 10.9 Å². The summed E-state index contributed by atoms with van der Waals surface area (Å²) in [6, 6.07) is 12.5. The third-order valence-electron chi connectivity index (χ3n) is 4.49. The lowest BCUT2D eigenvalue weighted by molar-refractivity contribution is 0.595. The minimum atomic E-state index is -0.132. The van der Waals surface area contributed by atoms with E-state index in [4.69, 9.17) is 34.7 Å². The van der Waals surface area contributed by atoms with E-state index in [0.717, 1.165) is 5.56 Å². The number of anilines is 2. The van der Waals surface area contributed by atoms with Crippen molar-refractivity contribution in [2.45, 2.75) is 23.9 Å². The number of aromatic nitrogens is 5. The lowest BCUT2D eigenvalue weighted by atomic mass is 10.1. The highest BCUT2D eigenvalue weighted by molar-refractivity contribution is 7.98. The summed E-state index contributed by atoms with van der Waals surface area (Å²) in [6.45, 7) is 0.391. The SMILES string of the molecule is Nc1nc(N)nc(CSc2nc3ccccc3c(=O)n2CCc2ccc(Cl)cc2Cl)n1. The Labute approximate surface area is 191 Å². The van der Waals surface area contributed by atoms with Crippen LogP contribution in [0.15, 0.2) is 52.4 Å². The fraction of sp³-hybridized carbons (Fsp3) is 0.150. The van der Waals surface area contributed by atoms with Crippen molar-refractivity contribution >= 4 is 57.8 Å². The topological polar surface area (TPSA) is 126 Å². The number of benzene rings is 2. The molecular weight excluding hydrogens is 457 g/mol. The fourth-order valence-electron chi connectivity index (χ4n) is 3.06. The van der Waals surface area contributed by atoms with Crippen molar-refractivity contribution < 1.29 is 0 Å². The number of rotatable bonds is 6. The van der Waals surface area contributed by atoms with Crippen LogP contribution in [0.2, 0.25) is 10.0 Å². The van der Waals surface area contributed by atoms with Gasteiger partial charge in [-0.3, -0.25) is 9.36 Å². The lowest BCUT2D eigenvalue weighted by Crippen LogP contribution is -2.24. The Morgan fingerprint density at radius 1 is 0.968 bits per heavy atom. The van der Waals surface area contributed by atoms with Gasteiger partial charge in [0.15, 0.2) is 5.16 Å². The highest BCUT2D eigenvalue weighted by Crippen LogP contribution is 2.24. The monoisotopic (exact) mass is 473 g/mol. The number of thioether (sulfide) groups is 1. The number of hydrogen-bond donors (Lipinski definition) is 2. The number of hydrogen-bond acceptors (Lipinski definition) is 8. The molecule has 0 aliphatic rings. The van der Waals surface area contributed by atoms with E-state index in [9.17, 15) is 4.79 Å². The van der Waals surface area contributed by atoms with E-state index in [-0.39, 0.29) is 17.5 Å². The third-order valence-corrected chi connectivity index (χ3v) is 6.05. The highest BCUT2D eigenvalue weighted by atomic mass is 35.5. The third kappa shape index (κ3) is 4.90. The lowest BCUT2D eigenvalue weighted by Gasteiger charge is -2.13. The number of nitrogen functional groups attached to an aromatic ring is 2. The minimum absolute atomic E-state index is 0.0457. The Kier molecular flexibility index (Phi) is 6.26. The summed E-state index contributed by atoms with van der Waals surface area (Å²) in [5, 5.41) is 2.19. The minimum Gasteiger partial charge on any atom is -0.368 e. The van der Waals surface area contributed by atoms with Gasteiger partial charge in [0.25, 0.3) is 5.56 Å². The number of nitrogens with two attached hydrogens (primary N) is 2. The maximum atomic E-state index is 13.2. The van der Waals surface area contributed by atoms with Gasteiger partial charge in [0.1, 0.15) is 5.82 Å². The summed E-state index contributed by atoms with van der Waals surface area (Å²) in [6.07, 6.45) is 0.537. The molecule has 0 atom stereocenters. The molecule has 31 heavy (non-hydrogen) atoms. The molecule has 4 N–H and O–H groups in total. The highest BCUT2D eigenvalue weighted by Gasteiger charge is 2.14. The molecule has 2 aromatic heterocycles. The largest absolute Gasteiger partial charge is 0.368 e. The average Bonchev–Trinajstić information content (AvgIpc) is 2.72. The first kappa shape index (κ1) is 21.4. The normalized spacial score (nSPS) is 11.2. The Morgan fingerprint density at radius 2 is 1.71 bits per heavy atom. The molecule has 11 heteroatoms. The molecule has 0 aliphatic heterocycles. The van der Waals surface area contributed by atoms with Gasteiger partial charge in [0, 0.05) is 16.6 Å². The number of aryl methyl sites for hydroxylation is 1. The number of nitrogens with zero attached hydrogens (tertiary/aromatic N) is 5. The van der Waals surface area contributed by atoms with Crippen LogP contribution < -0.4 is 17.0 Å². The van der Waals surface area contributed by atoms with Crippen molar-refractivity contribution in [3.63, 3.8) is 0 Å². The Hall–Kier alpha value is -2.88. The van der Waals surface area contributed by atoms with Crippen molar-refractivity contribution in [1.82, 2.24) is 24.5 Å². The first-order valence-electron chi connectivity index (χ1n) is 9.23. The van der Waals surface area contributed by atoms with Crippen molar-refractivity contribution in [3.8, 4) is 0 Å². The molecule has 0 radical (unpaired) electrons. The van der Waals surface area contributed by atoms with E-state index in [1.807, 2.05) is 18.2 Å². The summed E-state index contributed by atoms with van der Waals surface area (Å²) in [5.41, 5.74) is 12.7. The van der Waals surface area contributed by atoms with Gasteiger partial charge in [-0.15, -0.1) is 0 Å². The number of halogens is 2. The van der Waals surface area contributed by atoms with Gasteiger partial charge in [-0.2, -0.15) is 15.0 Å². The van der Waals surface area contributed by atoms with Gasteiger partial charge in [0.2, 0.25) is 11.9 Å². The zero-order valence-corrected chi connectivity index (χ0v) is 18.5. The van der Waals surface area contributed by atoms with E-state index >= 15 is 0 Å².